The third-order valence-corrected chi connectivity index (χ3v) is 6.94. The van der Waals surface area contributed by atoms with E-state index in [1.54, 1.807) is 49.5 Å². The van der Waals surface area contributed by atoms with Gasteiger partial charge in [0.15, 0.2) is 11.5 Å². The van der Waals surface area contributed by atoms with Gasteiger partial charge in [-0.3, -0.25) is 4.79 Å². The van der Waals surface area contributed by atoms with Crippen molar-refractivity contribution in [2.24, 2.45) is 0 Å². The normalized spacial score (nSPS) is 13.1. The van der Waals surface area contributed by atoms with E-state index in [-0.39, 0.29) is 13.2 Å². The fraction of sp³-hybridized carbons (Fsp3) is 0.200. The lowest BCUT2D eigenvalue weighted by atomic mass is 10.0. The number of benzene rings is 3. The maximum atomic E-state index is 13.4. The molecule has 0 spiro atoms. The van der Waals surface area contributed by atoms with Crippen LogP contribution < -0.4 is 24.4 Å². The summed E-state index contributed by atoms with van der Waals surface area (Å²) in [7, 11) is -2.47. The fourth-order valence-electron chi connectivity index (χ4n) is 3.67. The largest absolute Gasteiger partial charge is 0.454 e. The second-order valence-corrected chi connectivity index (χ2v) is 10.3. The molecule has 3 aromatic rings. The molecule has 0 radical (unpaired) electrons. The lowest BCUT2D eigenvalue weighted by molar-refractivity contribution is -0.120. The molecular weight excluding hydrogens is 506 g/mol. The summed E-state index contributed by atoms with van der Waals surface area (Å²) in [6.45, 7) is 0.0965. The van der Waals surface area contributed by atoms with E-state index >= 15 is 0 Å². The Morgan fingerprint density at radius 1 is 0.972 bits per heavy atom. The molecule has 1 aliphatic rings. The minimum atomic E-state index is -4.03. The Labute approximate surface area is 214 Å². The summed E-state index contributed by atoms with van der Waals surface area (Å²) in [6, 6.07) is 18.3. The van der Waals surface area contributed by atoms with Gasteiger partial charge in [-0.25, -0.2) is 17.9 Å². The van der Waals surface area contributed by atoms with Gasteiger partial charge in [0.1, 0.15) is 6.04 Å². The van der Waals surface area contributed by atoms with Gasteiger partial charge in [-0.1, -0.05) is 54.1 Å². The first-order chi connectivity index (χ1) is 17.2. The third kappa shape index (κ3) is 6.46. The van der Waals surface area contributed by atoms with Crippen molar-refractivity contribution >= 4 is 39.2 Å². The number of urea groups is 1. The highest BCUT2D eigenvalue weighted by molar-refractivity contribution is 7.89. The van der Waals surface area contributed by atoms with E-state index in [0.29, 0.717) is 27.8 Å². The summed E-state index contributed by atoms with van der Waals surface area (Å²) in [4.78, 5) is 27.5. The summed E-state index contributed by atoms with van der Waals surface area (Å²) >= 11 is 5.84. The Morgan fingerprint density at radius 3 is 2.39 bits per heavy atom. The number of rotatable bonds is 8. The molecule has 4 rings (SSSR count). The molecule has 36 heavy (non-hydrogen) atoms. The number of nitrogens with zero attached hydrogens (tertiary/aromatic N) is 1. The van der Waals surface area contributed by atoms with Crippen molar-refractivity contribution < 1.29 is 27.5 Å². The van der Waals surface area contributed by atoms with Crippen LogP contribution in [-0.4, -0.2) is 40.2 Å². The van der Waals surface area contributed by atoms with Crippen LogP contribution in [0.3, 0.4) is 0 Å². The Hall–Kier alpha value is -3.76. The van der Waals surface area contributed by atoms with Crippen molar-refractivity contribution in [3.8, 4) is 11.5 Å². The van der Waals surface area contributed by atoms with Gasteiger partial charge in [-0.05, 0) is 35.4 Å². The van der Waals surface area contributed by atoms with E-state index in [9.17, 15) is 18.0 Å². The van der Waals surface area contributed by atoms with Gasteiger partial charge in [-0.2, -0.15) is 0 Å². The van der Waals surface area contributed by atoms with Gasteiger partial charge in [0.2, 0.25) is 22.7 Å². The lowest BCUT2D eigenvalue weighted by Gasteiger charge is -2.25. The molecule has 2 N–H and O–H groups in total. The van der Waals surface area contributed by atoms with Crippen LogP contribution in [0.15, 0.2) is 72.8 Å². The number of ether oxygens (including phenoxy) is 2. The smallest absolute Gasteiger partial charge is 0.329 e. The van der Waals surface area contributed by atoms with Gasteiger partial charge >= 0.3 is 6.03 Å². The molecule has 1 aliphatic heterocycles. The minimum absolute atomic E-state index is 0.0965. The van der Waals surface area contributed by atoms with Crippen molar-refractivity contribution in [1.82, 2.24) is 10.0 Å². The zero-order valence-corrected chi connectivity index (χ0v) is 20.9. The highest BCUT2D eigenvalue weighted by atomic mass is 35.5. The number of amides is 3. The number of hydrogen-bond donors (Lipinski definition) is 2. The predicted octanol–water partition coefficient (Wildman–Crippen LogP) is 3.47. The molecule has 3 aromatic carbocycles. The number of sulfonamides is 1. The van der Waals surface area contributed by atoms with E-state index in [1.807, 2.05) is 35.1 Å². The highest BCUT2D eigenvalue weighted by Crippen LogP contribution is 2.35. The van der Waals surface area contributed by atoms with Crippen LogP contribution in [0.4, 0.5) is 10.5 Å². The molecule has 11 heteroatoms. The minimum Gasteiger partial charge on any atom is -0.454 e. The Kier molecular flexibility index (Phi) is 7.66. The van der Waals surface area contributed by atoms with Crippen LogP contribution in [0.2, 0.25) is 5.02 Å². The van der Waals surface area contributed by atoms with E-state index < -0.39 is 33.8 Å². The Bertz CT molecular complexity index is 1350. The first-order valence-corrected chi connectivity index (χ1v) is 13.0. The Morgan fingerprint density at radius 2 is 1.67 bits per heavy atom. The first-order valence-electron chi connectivity index (χ1n) is 11.0. The quantitative estimate of drug-likeness (QED) is 0.462. The molecule has 188 valence electrons. The second-order valence-electron chi connectivity index (χ2n) is 8.14. The van der Waals surface area contributed by atoms with E-state index in [1.165, 1.54) is 4.90 Å². The summed E-state index contributed by atoms with van der Waals surface area (Å²) in [6.07, 6.45) is 0.152. The molecule has 9 nitrogen and oxygen atoms in total. The van der Waals surface area contributed by atoms with Crippen LogP contribution in [0.1, 0.15) is 11.1 Å². The van der Waals surface area contributed by atoms with Crippen LogP contribution in [0, 0.1) is 0 Å². The van der Waals surface area contributed by atoms with Gasteiger partial charge in [0.25, 0.3) is 0 Å². The zero-order valence-electron chi connectivity index (χ0n) is 19.3. The number of hydrogen-bond acceptors (Lipinski definition) is 6. The molecule has 0 saturated carbocycles. The van der Waals surface area contributed by atoms with Crippen LogP contribution in [0.5, 0.6) is 11.5 Å². The van der Waals surface area contributed by atoms with Crippen molar-refractivity contribution in [3.05, 3.63) is 88.9 Å². The number of fused-ring (bicyclic) bond motifs is 1. The summed E-state index contributed by atoms with van der Waals surface area (Å²) in [5.74, 6) is 0.212. The molecule has 0 fully saturated rings. The van der Waals surface area contributed by atoms with Crippen molar-refractivity contribution in [3.63, 3.8) is 0 Å². The number of carbonyl (C=O) groups is 2. The number of nitrogens with one attached hydrogen (secondary N) is 2. The van der Waals surface area contributed by atoms with Crippen molar-refractivity contribution in [2.75, 3.05) is 18.7 Å². The monoisotopic (exact) mass is 529 g/mol. The second kappa shape index (κ2) is 10.9. The van der Waals surface area contributed by atoms with Crippen LogP contribution >= 0.6 is 11.6 Å². The van der Waals surface area contributed by atoms with Crippen molar-refractivity contribution in [2.45, 2.75) is 18.2 Å². The Balaban J connectivity index is 1.49. The summed E-state index contributed by atoms with van der Waals surface area (Å²) < 4.78 is 37.8. The predicted molar refractivity (Wildman–Crippen MR) is 136 cm³/mol. The molecule has 1 atom stereocenters. The molecule has 0 saturated heterocycles. The fourth-order valence-corrected chi connectivity index (χ4v) is 4.84. The highest BCUT2D eigenvalue weighted by Gasteiger charge is 2.28. The van der Waals surface area contributed by atoms with Crippen molar-refractivity contribution in [1.29, 1.82) is 0 Å². The summed E-state index contributed by atoms with van der Waals surface area (Å²) in [5.41, 5.74) is 1.78. The van der Waals surface area contributed by atoms with Gasteiger partial charge in [-0.15, -0.1) is 0 Å². The van der Waals surface area contributed by atoms with Gasteiger partial charge < -0.3 is 19.7 Å². The van der Waals surface area contributed by atoms with E-state index in [4.69, 9.17) is 21.1 Å². The number of likely N-dealkylation sites (N-methyl/N-ethyl adjacent to an activating group) is 1. The zero-order chi connectivity index (χ0) is 25.7. The molecule has 0 aliphatic carbocycles. The lowest BCUT2D eigenvalue weighted by Crippen LogP contribution is -2.52. The third-order valence-electron chi connectivity index (χ3n) is 5.48. The molecular formula is C25H24ClN3O6S. The van der Waals surface area contributed by atoms with E-state index in [0.717, 1.165) is 5.56 Å². The van der Waals surface area contributed by atoms with Gasteiger partial charge in [0, 0.05) is 30.2 Å². The van der Waals surface area contributed by atoms with Gasteiger partial charge in [0.05, 0.1) is 5.75 Å². The first kappa shape index (κ1) is 25.3. The van der Waals surface area contributed by atoms with Crippen LogP contribution in [0.25, 0.3) is 0 Å². The standard InChI is InChI=1S/C25H24ClN3O6S/c1-29(20-11-12-22-23(14-20)35-16-34-22)24(30)21(13-17-5-3-2-4-6-17)27-25(31)28-36(32,33)15-18-7-9-19(26)10-8-18/h2-12,14,21H,13,15-16H2,1H3,(H2,27,28,31)/t21-/m0/s1. The summed E-state index contributed by atoms with van der Waals surface area (Å²) in [5, 5.41) is 2.99. The maximum Gasteiger partial charge on any atom is 0.329 e. The number of halogens is 1. The topological polar surface area (TPSA) is 114 Å². The average molecular weight is 530 g/mol. The molecule has 0 unspecified atom stereocenters. The number of carbonyl (C=O) groups excluding carboxylic acids is 2. The average Bonchev–Trinajstić information content (AvgIpc) is 3.32. The maximum absolute atomic E-state index is 13.4. The molecule has 1 heterocycles. The molecule has 0 bridgehead atoms. The van der Waals surface area contributed by atoms with Crippen LogP contribution in [-0.2, 0) is 27.0 Å². The number of anilines is 1. The molecule has 0 aromatic heterocycles. The SMILES string of the molecule is CN(C(=O)[C@H](Cc1ccccc1)NC(=O)NS(=O)(=O)Cc1ccc(Cl)cc1)c1ccc2c(c1)OCO2. The molecule has 3 amide bonds. The van der Waals surface area contributed by atoms with E-state index in [2.05, 4.69) is 5.32 Å².